The number of nitrogens with zero attached hydrogens (tertiary/aromatic N) is 2. The lowest BCUT2D eigenvalue weighted by Crippen LogP contribution is -2.39. The predicted octanol–water partition coefficient (Wildman–Crippen LogP) is 3.82. The number of hydrogen-bond acceptors (Lipinski definition) is 5. The quantitative estimate of drug-likeness (QED) is 0.700. The highest BCUT2D eigenvalue weighted by atomic mass is 79.9. The van der Waals surface area contributed by atoms with Crippen molar-refractivity contribution >= 4 is 39.3 Å². The van der Waals surface area contributed by atoms with Gasteiger partial charge in [0, 0.05) is 33.6 Å². The van der Waals surface area contributed by atoms with Gasteiger partial charge in [-0.05, 0) is 46.1 Å². The molecule has 2 N–H and O–H groups in total. The van der Waals surface area contributed by atoms with E-state index < -0.39 is 12.2 Å². The number of fused-ring (bicyclic) bond motifs is 1. The van der Waals surface area contributed by atoms with Crippen LogP contribution in [0.15, 0.2) is 46.0 Å². The first-order valence-electron chi connectivity index (χ1n) is 8.44. The summed E-state index contributed by atoms with van der Waals surface area (Å²) in [4.78, 5) is 20.9. The number of alkyl halides is 1. The van der Waals surface area contributed by atoms with Crippen LogP contribution in [0.5, 0.6) is 0 Å². The molecule has 4 rings (SSSR count). The zero-order chi connectivity index (χ0) is 19.2. The summed E-state index contributed by atoms with van der Waals surface area (Å²) in [7, 11) is 0. The van der Waals surface area contributed by atoms with Crippen LogP contribution in [0.1, 0.15) is 28.0 Å². The van der Waals surface area contributed by atoms with E-state index in [2.05, 4.69) is 25.9 Å². The standard InChI is InChI=1S/C19H16BrClFN3O2/c20-11-2-4-15(24-8-11)16(26)6-10-1-3-14(21)12(5-10)19(9-22)13-7-17(13)27-18(23)25-19/h1-5,8,13,17H,6-7,9H2,(H2,23,25)/t13-,17+,19+/m0/s1. The number of rotatable bonds is 5. The lowest BCUT2D eigenvalue weighted by molar-refractivity contribution is 0.0988. The summed E-state index contributed by atoms with van der Waals surface area (Å²) >= 11 is 9.67. The summed E-state index contributed by atoms with van der Waals surface area (Å²) in [5.74, 6) is -0.240. The van der Waals surface area contributed by atoms with E-state index in [1.165, 1.54) is 0 Å². The van der Waals surface area contributed by atoms with Gasteiger partial charge in [-0.25, -0.2) is 9.38 Å². The fourth-order valence-corrected chi connectivity index (χ4v) is 4.07. The Kier molecular flexibility index (Phi) is 4.68. The van der Waals surface area contributed by atoms with Crippen molar-refractivity contribution < 1.29 is 13.9 Å². The van der Waals surface area contributed by atoms with Crippen molar-refractivity contribution in [1.29, 1.82) is 0 Å². The Morgan fingerprint density at radius 3 is 2.93 bits per heavy atom. The molecule has 2 heterocycles. The number of Topliss-reactive ketones (excluding diaryl/α,β-unsaturated/α-hetero) is 1. The second kappa shape index (κ2) is 6.87. The van der Waals surface area contributed by atoms with Gasteiger partial charge in [-0.1, -0.05) is 23.7 Å². The van der Waals surface area contributed by atoms with Crippen LogP contribution < -0.4 is 5.73 Å². The summed E-state index contributed by atoms with van der Waals surface area (Å²) in [5, 5.41) is 0.398. The van der Waals surface area contributed by atoms with Crippen LogP contribution in [0.2, 0.25) is 5.02 Å². The fraction of sp³-hybridized carbons (Fsp3) is 0.316. The van der Waals surface area contributed by atoms with Crippen LogP contribution in [0.25, 0.3) is 0 Å². The Morgan fingerprint density at radius 1 is 1.41 bits per heavy atom. The van der Waals surface area contributed by atoms with E-state index in [-0.39, 0.29) is 30.2 Å². The SMILES string of the molecule is NC1=N[C@](CF)(c2cc(CC(=O)c3ccc(Br)cn3)ccc2Cl)[C@H]2C[C@H]2O1. The van der Waals surface area contributed by atoms with E-state index >= 15 is 0 Å². The van der Waals surface area contributed by atoms with Crippen molar-refractivity contribution in [1.82, 2.24) is 4.98 Å². The van der Waals surface area contributed by atoms with Gasteiger partial charge in [-0.15, -0.1) is 0 Å². The largest absolute Gasteiger partial charge is 0.462 e. The van der Waals surface area contributed by atoms with Crippen LogP contribution in [-0.2, 0) is 16.7 Å². The van der Waals surface area contributed by atoms with Crippen LogP contribution in [0.4, 0.5) is 4.39 Å². The first kappa shape index (κ1) is 18.4. The fourth-order valence-electron chi connectivity index (χ4n) is 3.56. The number of aromatic nitrogens is 1. The zero-order valence-corrected chi connectivity index (χ0v) is 16.5. The lowest BCUT2D eigenvalue weighted by atomic mass is 9.84. The van der Waals surface area contributed by atoms with E-state index in [0.29, 0.717) is 22.7 Å². The molecule has 0 amide bonds. The molecule has 0 saturated heterocycles. The Hall–Kier alpha value is -1.99. The van der Waals surface area contributed by atoms with Gasteiger partial charge in [0.25, 0.3) is 6.02 Å². The third-order valence-electron chi connectivity index (χ3n) is 5.01. The maximum absolute atomic E-state index is 14.2. The van der Waals surface area contributed by atoms with Gasteiger partial charge in [-0.2, -0.15) is 0 Å². The smallest absolute Gasteiger partial charge is 0.283 e. The molecule has 27 heavy (non-hydrogen) atoms. The van der Waals surface area contributed by atoms with Gasteiger partial charge >= 0.3 is 0 Å². The summed E-state index contributed by atoms with van der Waals surface area (Å²) in [6, 6.07) is 8.57. The average molecular weight is 453 g/mol. The molecule has 1 aromatic heterocycles. The lowest BCUT2D eigenvalue weighted by Gasteiger charge is -2.32. The second-order valence-corrected chi connectivity index (χ2v) is 8.11. The first-order chi connectivity index (χ1) is 12.9. The van der Waals surface area contributed by atoms with Gasteiger partial charge in [0.15, 0.2) is 5.78 Å². The normalized spacial score (nSPS) is 26.0. The van der Waals surface area contributed by atoms with Gasteiger partial charge in [-0.3, -0.25) is 9.78 Å². The zero-order valence-electron chi connectivity index (χ0n) is 14.2. The number of halogens is 3. The Balaban J connectivity index is 1.66. The molecule has 0 unspecified atom stereocenters. The highest BCUT2D eigenvalue weighted by molar-refractivity contribution is 9.10. The number of pyridine rings is 1. The monoisotopic (exact) mass is 451 g/mol. The molecule has 3 atom stereocenters. The molecule has 2 aliphatic rings. The molecule has 1 fully saturated rings. The number of nitrogens with two attached hydrogens (primary N) is 1. The van der Waals surface area contributed by atoms with E-state index in [1.807, 2.05) is 0 Å². The number of hydrogen-bond donors (Lipinski definition) is 1. The predicted molar refractivity (Wildman–Crippen MR) is 104 cm³/mol. The Labute approximate surface area is 168 Å². The van der Waals surface area contributed by atoms with E-state index in [4.69, 9.17) is 22.1 Å². The summed E-state index contributed by atoms with van der Waals surface area (Å²) in [6.07, 6.45) is 2.25. The summed E-state index contributed by atoms with van der Waals surface area (Å²) in [5.41, 5.74) is 6.22. The molecule has 0 spiro atoms. The minimum atomic E-state index is -1.15. The molecule has 140 valence electrons. The number of carbonyl (C=O) groups excluding carboxylic acids is 1. The molecule has 1 aliphatic heterocycles. The van der Waals surface area contributed by atoms with Gasteiger partial charge in [0.05, 0.1) is 0 Å². The molecule has 1 aromatic carbocycles. The minimum Gasteiger partial charge on any atom is -0.462 e. The minimum absolute atomic E-state index is 0.0250. The van der Waals surface area contributed by atoms with Crippen molar-refractivity contribution in [3.8, 4) is 0 Å². The number of carbonyl (C=O) groups is 1. The molecule has 0 bridgehead atoms. The van der Waals surface area contributed by atoms with Gasteiger partial charge < -0.3 is 10.5 Å². The number of ether oxygens (including phenoxy) is 1. The summed E-state index contributed by atoms with van der Waals surface area (Å²) < 4.78 is 20.4. The van der Waals surface area contributed by atoms with Crippen LogP contribution >= 0.6 is 27.5 Å². The van der Waals surface area contributed by atoms with Crippen molar-refractivity contribution in [2.45, 2.75) is 24.5 Å². The molecular formula is C19H16BrClFN3O2. The maximum atomic E-state index is 14.2. The van der Waals surface area contributed by atoms with Gasteiger partial charge in [0.1, 0.15) is 24.0 Å². The highest BCUT2D eigenvalue weighted by Crippen LogP contribution is 2.54. The molecule has 8 heteroatoms. The number of aliphatic imine (C=N–C) groups is 1. The third-order valence-corrected chi connectivity index (χ3v) is 5.80. The van der Waals surface area contributed by atoms with Crippen LogP contribution in [-0.4, -0.2) is 29.6 Å². The molecule has 5 nitrogen and oxygen atoms in total. The number of ketones is 1. The van der Waals surface area contributed by atoms with Crippen LogP contribution in [0, 0.1) is 5.92 Å². The van der Waals surface area contributed by atoms with Crippen molar-refractivity contribution in [3.05, 3.63) is 62.8 Å². The first-order valence-corrected chi connectivity index (χ1v) is 9.61. The Morgan fingerprint density at radius 2 is 2.22 bits per heavy atom. The highest BCUT2D eigenvalue weighted by Gasteiger charge is 2.59. The van der Waals surface area contributed by atoms with E-state index in [1.54, 1.807) is 36.5 Å². The number of amidine groups is 1. The van der Waals surface area contributed by atoms with Crippen molar-refractivity contribution in [2.24, 2.45) is 16.6 Å². The Bertz CT molecular complexity index is 937. The van der Waals surface area contributed by atoms with Crippen molar-refractivity contribution in [2.75, 3.05) is 6.67 Å². The molecule has 2 aromatic rings. The maximum Gasteiger partial charge on any atom is 0.283 e. The molecule has 0 radical (unpaired) electrons. The average Bonchev–Trinajstić information content (AvgIpc) is 3.43. The molecule has 1 saturated carbocycles. The van der Waals surface area contributed by atoms with E-state index in [0.717, 1.165) is 10.0 Å². The number of benzene rings is 1. The molecule has 1 aliphatic carbocycles. The topological polar surface area (TPSA) is 77.6 Å². The van der Waals surface area contributed by atoms with Crippen molar-refractivity contribution in [3.63, 3.8) is 0 Å². The third kappa shape index (κ3) is 3.34. The summed E-state index contributed by atoms with van der Waals surface area (Å²) in [6.45, 7) is -0.733. The molecular weight excluding hydrogens is 437 g/mol. The van der Waals surface area contributed by atoms with Gasteiger partial charge in [0.2, 0.25) is 0 Å². The van der Waals surface area contributed by atoms with E-state index in [9.17, 15) is 9.18 Å². The van der Waals surface area contributed by atoms with Crippen LogP contribution in [0.3, 0.4) is 0 Å². The second-order valence-electron chi connectivity index (χ2n) is 6.78.